The summed E-state index contributed by atoms with van der Waals surface area (Å²) in [5, 5.41) is 0. The van der Waals surface area contributed by atoms with Crippen LogP contribution in [0.4, 0.5) is 14.5 Å². The normalized spacial score (nSPS) is 10.4. The Labute approximate surface area is 103 Å². The van der Waals surface area contributed by atoms with Crippen LogP contribution in [-0.4, -0.2) is 5.78 Å². The lowest BCUT2D eigenvalue weighted by molar-refractivity contribution is 0.103. The molecule has 0 heterocycles. The molecule has 2 aromatic rings. The van der Waals surface area contributed by atoms with Crippen LogP contribution in [0, 0.1) is 18.6 Å². The summed E-state index contributed by atoms with van der Waals surface area (Å²) in [6.45, 7) is 1.74. The highest BCUT2D eigenvalue weighted by molar-refractivity contribution is 6.12. The van der Waals surface area contributed by atoms with Gasteiger partial charge < -0.3 is 5.73 Å². The molecule has 0 aliphatic rings. The number of para-hydroxylation sites is 1. The van der Waals surface area contributed by atoms with E-state index in [4.69, 9.17) is 5.73 Å². The summed E-state index contributed by atoms with van der Waals surface area (Å²) in [6.07, 6.45) is 0. The van der Waals surface area contributed by atoms with E-state index in [1.54, 1.807) is 19.1 Å². The molecule has 0 atom stereocenters. The molecule has 0 saturated carbocycles. The highest BCUT2D eigenvalue weighted by Gasteiger charge is 2.17. The standard InChI is InChI=1S/C14H11F2NO/c1-8-3-2-4-10(13(8)17)14(18)11-7-9(15)5-6-12(11)16/h2-7H,17H2,1H3. The Morgan fingerprint density at radius 1 is 1.11 bits per heavy atom. The van der Waals surface area contributed by atoms with Crippen molar-refractivity contribution in [2.75, 3.05) is 5.73 Å². The van der Waals surface area contributed by atoms with Gasteiger partial charge in [0.2, 0.25) is 0 Å². The topological polar surface area (TPSA) is 43.1 Å². The van der Waals surface area contributed by atoms with Gasteiger partial charge in [-0.25, -0.2) is 8.78 Å². The Kier molecular flexibility index (Phi) is 3.10. The average molecular weight is 247 g/mol. The fourth-order valence-corrected chi connectivity index (χ4v) is 1.70. The second kappa shape index (κ2) is 4.56. The van der Waals surface area contributed by atoms with Gasteiger partial charge in [0.25, 0.3) is 0 Å². The molecule has 0 saturated heterocycles. The Morgan fingerprint density at radius 3 is 2.56 bits per heavy atom. The molecule has 0 unspecified atom stereocenters. The minimum atomic E-state index is -0.762. The van der Waals surface area contributed by atoms with Gasteiger partial charge in [0.15, 0.2) is 5.78 Å². The Morgan fingerprint density at radius 2 is 1.83 bits per heavy atom. The van der Waals surface area contributed by atoms with E-state index in [-0.39, 0.29) is 16.8 Å². The van der Waals surface area contributed by atoms with E-state index in [1.165, 1.54) is 6.07 Å². The largest absolute Gasteiger partial charge is 0.398 e. The number of ketones is 1. The summed E-state index contributed by atoms with van der Waals surface area (Å²) in [5.41, 5.74) is 6.64. The van der Waals surface area contributed by atoms with E-state index in [9.17, 15) is 13.6 Å². The van der Waals surface area contributed by atoms with Crippen molar-refractivity contribution >= 4 is 11.5 Å². The molecule has 0 aliphatic carbocycles. The monoisotopic (exact) mass is 247 g/mol. The molecule has 92 valence electrons. The van der Waals surface area contributed by atoms with Gasteiger partial charge in [0, 0.05) is 11.3 Å². The van der Waals surface area contributed by atoms with Crippen molar-refractivity contribution in [3.63, 3.8) is 0 Å². The van der Waals surface area contributed by atoms with Crippen LogP contribution in [0.15, 0.2) is 36.4 Å². The number of halogens is 2. The number of carbonyl (C=O) groups is 1. The zero-order chi connectivity index (χ0) is 13.3. The lowest BCUT2D eigenvalue weighted by Gasteiger charge is -2.08. The lowest BCUT2D eigenvalue weighted by atomic mass is 9.99. The molecule has 0 spiro atoms. The fourth-order valence-electron chi connectivity index (χ4n) is 1.70. The van der Waals surface area contributed by atoms with Crippen LogP contribution < -0.4 is 5.73 Å². The van der Waals surface area contributed by atoms with E-state index in [2.05, 4.69) is 0 Å². The molecule has 2 rings (SSSR count). The first kappa shape index (κ1) is 12.2. The van der Waals surface area contributed by atoms with Crippen LogP contribution in [0.1, 0.15) is 21.5 Å². The van der Waals surface area contributed by atoms with Crippen LogP contribution in [-0.2, 0) is 0 Å². The van der Waals surface area contributed by atoms with Crippen molar-refractivity contribution in [2.24, 2.45) is 0 Å². The molecular weight excluding hydrogens is 236 g/mol. The third-order valence-electron chi connectivity index (χ3n) is 2.74. The third-order valence-corrected chi connectivity index (χ3v) is 2.74. The molecule has 2 N–H and O–H groups in total. The molecule has 0 fully saturated rings. The first-order valence-electron chi connectivity index (χ1n) is 5.35. The SMILES string of the molecule is Cc1cccc(C(=O)c2cc(F)ccc2F)c1N. The molecular formula is C14H11F2NO. The van der Waals surface area contributed by atoms with Gasteiger partial charge in [-0.2, -0.15) is 0 Å². The van der Waals surface area contributed by atoms with Crippen molar-refractivity contribution in [3.05, 3.63) is 64.7 Å². The number of carbonyl (C=O) groups excluding carboxylic acids is 1. The van der Waals surface area contributed by atoms with E-state index in [1.807, 2.05) is 0 Å². The molecule has 0 aromatic heterocycles. The zero-order valence-electron chi connectivity index (χ0n) is 9.71. The summed E-state index contributed by atoms with van der Waals surface area (Å²) in [6, 6.07) is 7.65. The number of hydrogen-bond acceptors (Lipinski definition) is 2. The number of benzene rings is 2. The summed E-state index contributed by atoms with van der Waals surface area (Å²) in [7, 11) is 0. The van der Waals surface area contributed by atoms with Crippen molar-refractivity contribution in [1.82, 2.24) is 0 Å². The van der Waals surface area contributed by atoms with Crippen LogP contribution >= 0.6 is 0 Å². The molecule has 2 aromatic carbocycles. The minimum Gasteiger partial charge on any atom is -0.398 e. The van der Waals surface area contributed by atoms with E-state index >= 15 is 0 Å². The number of anilines is 1. The first-order valence-corrected chi connectivity index (χ1v) is 5.35. The van der Waals surface area contributed by atoms with Gasteiger partial charge in [-0.05, 0) is 36.8 Å². The van der Waals surface area contributed by atoms with Crippen LogP contribution in [0.2, 0.25) is 0 Å². The van der Waals surface area contributed by atoms with E-state index < -0.39 is 17.4 Å². The minimum absolute atomic E-state index is 0.180. The molecule has 0 radical (unpaired) electrons. The maximum atomic E-state index is 13.5. The van der Waals surface area contributed by atoms with Crippen molar-refractivity contribution in [3.8, 4) is 0 Å². The highest BCUT2D eigenvalue weighted by atomic mass is 19.1. The molecule has 0 bridgehead atoms. The molecule has 18 heavy (non-hydrogen) atoms. The fraction of sp³-hybridized carbons (Fsp3) is 0.0714. The number of aryl methyl sites for hydroxylation is 1. The van der Waals surface area contributed by atoms with Crippen LogP contribution in [0.3, 0.4) is 0 Å². The van der Waals surface area contributed by atoms with Gasteiger partial charge >= 0.3 is 0 Å². The number of rotatable bonds is 2. The Balaban J connectivity index is 2.55. The predicted octanol–water partition coefficient (Wildman–Crippen LogP) is 3.09. The first-order chi connectivity index (χ1) is 8.50. The number of hydrogen-bond donors (Lipinski definition) is 1. The zero-order valence-corrected chi connectivity index (χ0v) is 9.71. The second-order valence-electron chi connectivity index (χ2n) is 3.99. The van der Waals surface area contributed by atoms with Gasteiger partial charge in [-0.1, -0.05) is 12.1 Å². The maximum absolute atomic E-state index is 13.5. The quantitative estimate of drug-likeness (QED) is 0.654. The second-order valence-corrected chi connectivity index (χ2v) is 3.99. The predicted molar refractivity (Wildman–Crippen MR) is 65.4 cm³/mol. The molecule has 0 aliphatic heterocycles. The highest BCUT2D eigenvalue weighted by Crippen LogP contribution is 2.22. The Hall–Kier alpha value is -2.23. The summed E-state index contributed by atoms with van der Waals surface area (Å²) in [4.78, 5) is 12.1. The van der Waals surface area contributed by atoms with Crippen molar-refractivity contribution in [1.29, 1.82) is 0 Å². The van der Waals surface area contributed by atoms with E-state index in [0.717, 1.165) is 23.8 Å². The smallest absolute Gasteiger partial charge is 0.198 e. The summed E-state index contributed by atoms with van der Waals surface area (Å²) < 4.78 is 26.6. The van der Waals surface area contributed by atoms with Crippen LogP contribution in [0.5, 0.6) is 0 Å². The molecule has 0 amide bonds. The number of nitrogens with two attached hydrogens (primary N) is 1. The van der Waals surface area contributed by atoms with E-state index in [0.29, 0.717) is 0 Å². The third kappa shape index (κ3) is 2.09. The Bertz CT molecular complexity index is 619. The van der Waals surface area contributed by atoms with Crippen LogP contribution in [0.25, 0.3) is 0 Å². The van der Waals surface area contributed by atoms with Gasteiger partial charge in [0.1, 0.15) is 11.6 Å². The number of nitrogen functional groups attached to an aromatic ring is 1. The van der Waals surface area contributed by atoms with Gasteiger partial charge in [-0.15, -0.1) is 0 Å². The molecule has 4 heteroatoms. The average Bonchev–Trinajstić information content (AvgIpc) is 2.35. The van der Waals surface area contributed by atoms with Crippen molar-refractivity contribution in [2.45, 2.75) is 6.92 Å². The lowest BCUT2D eigenvalue weighted by Crippen LogP contribution is -2.09. The molecule has 2 nitrogen and oxygen atoms in total. The summed E-state index contributed by atoms with van der Waals surface area (Å²) in [5.74, 6) is -2.04. The van der Waals surface area contributed by atoms with Gasteiger partial charge in [0.05, 0.1) is 5.56 Å². The van der Waals surface area contributed by atoms with Crippen molar-refractivity contribution < 1.29 is 13.6 Å². The van der Waals surface area contributed by atoms with Gasteiger partial charge in [-0.3, -0.25) is 4.79 Å². The summed E-state index contributed by atoms with van der Waals surface area (Å²) >= 11 is 0. The maximum Gasteiger partial charge on any atom is 0.198 e.